The van der Waals surface area contributed by atoms with Gasteiger partial charge in [0.25, 0.3) is 0 Å². The summed E-state index contributed by atoms with van der Waals surface area (Å²) < 4.78 is 43.0. The maximum absolute atomic E-state index is 12.7. The number of halogens is 4. The number of hydrogen-bond acceptors (Lipinski definition) is 1. The van der Waals surface area contributed by atoms with Crippen LogP contribution >= 0.6 is 11.6 Å². The van der Waals surface area contributed by atoms with Gasteiger partial charge in [-0.15, -0.1) is 0 Å². The summed E-state index contributed by atoms with van der Waals surface area (Å²) in [6.45, 7) is 0. The average molecular weight is 287 g/mol. The molecule has 2 rings (SSSR count). The minimum atomic E-state index is -4.36. The summed E-state index contributed by atoms with van der Waals surface area (Å²) >= 11 is 5.91. The van der Waals surface area contributed by atoms with Gasteiger partial charge < -0.3 is 4.74 Å². The first kappa shape index (κ1) is 13.7. The van der Waals surface area contributed by atoms with Gasteiger partial charge in [0, 0.05) is 5.02 Å². The topological polar surface area (TPSA) is 9.23 Å². The van der Waals surface area contributed by atoms with Gasteiger partial charge in [0.05, 0.1) is 12.7 Å². The van der Waals surface area contributed by atoms with Gasteiger partial charge >= 0.3 is 6.18 Å². The first-order chi connectivity index (χ1) is 8.90. The quantitative estimate of drug-likeness (QED) is 0.752. The Labute approximate surface area is 113 Å². The fourth-order valence-electron chi connectivity index (χ4n) is 1.72. The lowest BCUT2D eigenvalue weighted by Gasteiger charge is -2.10. The molecular formula is C14H10ClF3O. The van der Waals surface area contributed by atoms with Crippen molar-refractivity contribution in [3.63, 3.8) is 0 Å². The largest absolute Gasteiger partial charge is 0.497 e. The van der Waals surface area contributed by atoms with Crippen LogP contribution in [0.4, 0.5) is 13.2 Å². The summed E-state index contributed by atoms with van der Waals surface area (Å²) in [7, 11) is 1.47. The second-order valence-electron chi connectivity index (χ2n) is 3.96. The van der Waals surface area contributed by atoms with Gasteiger partial charge in [-0.05, 0) is 41.5 Å². The first-order valence-corrected chi connectivity index (χ1v) is 5.80. The second kappa shape index (κ2) is 5.13. The van der Waals surface area contributed by atoms with Crippen molar-refractivity contribution in [3.8, 4) is 16.9 Å². The van der Waals surface area contributed by atoms with Crippen LogP contribution in [0.3, 0.4) is 0 Å². The maximum Gasteiger partial charge on any atom is 0.416 e. The van der Waals surface area contributed by atoms with E-state index in [1.165, 1.54) is 13.2 Å². The van der Waals surface area contributed by atoms with Crippen LogP contribution < -0.4 is 4.74 Å². The molecule has 0 aliphatic carbocycles. The minimum Gasteiger partial charge on any atom is -0.497 e. The van der Waals surface area contributed by atoms with Crippen molar-refractivity contribution in [1.82, 2.24) is 0 Å². The number of rotatable bonds is 2. The van der Waals surface area contributed by atoms with E-state index in [1.807, 2.05) is 0 Å². The van der Waals surface area contributed by atoms with Gasteiger partial charge in [-0.25, -0.2) is 0 Å². The van der Waals surface area contributed by atoms with Gasteiger partial charge in [0.2, 0.25) is 0 Å². The maximum atomic E-state index is 12.7. The molecule has 0 radical (unpaired) electrons. The zero-order chi connectivity index (χ0) is 14.0. The number of ether oxygens (including phenoxy) is 1. The average Bonchev–Trinajstić information content (AvgIpc) is 2.37. The summed E-state index contributed by atoms with van der Waals surface area (Å²) in [6, 6.07) is 9.92. The molecule has 0 saturated carbocycles. The highest BCUT2D eigenvalue weighted by molar-refractivity contribution is 6.31. The van der Waals surface area contributed by atoms with Crippen molar-refractivity contribution < 1.29 is 17.9 Å². The SMILES string of the molecule is COc1cc(Cl)cc(-c2cccc(C(F)(F)F)c2)c1. The van der Waals surface area contributed by atoms with Crippen molar-refractivity contribution >= 4 is 11.6 Å². The highest BCUT2D eigenvalue weighted by Crippen LogP contribution is 2.34. The molecule has 0 heterocycles. The fourth-order valence-corrected chi connectivity index (χ4v) is 1.95. The van der Waals surface area contributed by atoms with Gasteiger partial charge in [0.1, 0.15) is 5.75 Å². The van der Waals surface area contributed by atoms with Gasteiger partial charge in [-0.1, -0.05) is 23.7 Å². The van der Waals surface area contributed by atoms with Crippen LogP contribution in [-0.2, 0) is 6.18 Å². The normalized spacial score (nSPS) is 11.4. The van der Waals surface area contributed by atoms with E-state index in [4.69, 9.17) is 16.3 Å². The Balaban J connectivity index is 2.50. The predicted octanol–water partition coefficient (Wildman–Crippen LogP) is 5.03. The molecule has 0 amide bonds. The van der Waals surface area contributed by atoms with Crippen LogP contribution in [0, 0.1) is 0 Å². The van der Waals surface area contributed by atoms with E-state index in [9.17, 15) is 13.2 Å². The molecule has 0 saturated heterocycles. The van der Waals surface area contributed by atoms with Gasteiger partial charge in [0.15, 0.2) is 0 Å². The summed E-state index contributed by atoms with van der Waals surface area (Å²) in [5.41, 5.74) is 0.329. The highest BCUT2D eigenvalue weighted by Gasteiger charge is 2.30. The van der Waals surface area contributed by atoms with Crippen LogP contribution in [0.1, 0.15) is 5.56 Å². The molecule has 0 aromatic heterocycles. The third kappa shape index (κ3) is 3.20. The van der Waals surface area contributed by atoms with E-state index in [0.29, 0.717) is 21.9 Å². The van der Waals surface area contributed by atoms with Crippen molar-refractivity contribution in [2.75, 3.05) is 7.11 Å². The number of alkyl halides is 3. The van der Waals surface area contributed by atoms with Crippen LogP contribution in [0.15, 0.2) is 42.5 Å². The number of hydrogen-bond donors (Lipinski definition) is 0. The highest BCUT2D eigenvalue weighted by atomic mass is 35.5. The molecule has 19 heavy (non-hydrogen) atoms. The Kier molecular flexibility index (Phi) is 3.71. The van der Waals surface area contributed by atoms with Gasteiger partial charge in [-0.3, -0.25) is 0 Å². The molecule has 2 aromatic carbocycles. The van der Waals surface area contributed by atoms with E-state index in [-0.39, 0.29) is 0 Å². The first-order valence-electron chi connectivity index (χ1n) is 5.42. The molecule has 100 valence electrons. The molecule has 0 aliphatic rings. The van der Waals surface area contributed by atoms with Crippen LogP contribution in [0.5, 0.6) is 5.75 Å². The lowest BCUT2D eigenvalue weighted by atomic mass is 10.0. The van der Waals surface area contributed by atoms with E-state index in [2.05, 4.69) is 0 Å². The Morgan fingerprint density at radius 2 is 1.74 bits per heavy atom. The molecular weight excluding hydrogens is 277 g/mol. The van der Waals surface area contributed by atoms with E-state index >= 15 is 0 Å². The standard InChI is InChI=1S/C14H10ClF3O/c1-19-13-7-10(6-12(15)8-13)9-3-2-4-11(5-9)14(16,17)18/h2-8H,1H3. The molecule has 0 N–H and O–H groups in total. The minimum absolute atomic E-state index is 0.409. The van der Waals surface area contributed by atoms with Crippen molar-refractivity contribution in [2.24, 2.45) is 0 Å². The Hall–Kier alpha value is -1.68. The molecule has 5 heteroatoms. The number of methoxy groups -OCH3 is 1. The summed E-state index contributed by atoms with van der Waals surface area (Å²) in [5.74, 6) is 0.500. The molecule has 0 unspecified atom stereocenters. The molecule has 0 fully saturated rings. The lowest BCUT2D eigenvalue weighted by Crippen LogP contribution is -2.04. The van der Waals surface area contributed by atoms with Crippen LogP contribution in [0.2, 0.25) is 5.02 Å². The number of benzene rings is 2. The van der Waals surface area contributed by atoms with Crippen molar-refractivity contribution in [2.45, 2.75) is 6.18 Å². The zero-order valence-electron chi connectivity index (χ0n) is 9.96. The lowest BCUT2D eigenvalue weighted by molar-refractivity contribution is -0.137. The second-order valence-corrected chi connectivity index (χ2v) is 4.39. The fraction of sp³-hybridized carbons (Fsp3) is 0.143. The van der Waals surface area contributed by atoms with E-state index in [1.54, 1.807) is 24.3 Å². The molecule has 0 aliphatic heterocycles. The Morgan fingerprint density at radius 1 is 1.00 bits per heavy atom. The molecule has 1 nitrogen and oxygen atoms in total. The Bertz CT molecular complexity index is 593. The summed E-state index contributed by atoms with van der Waals surface area (Å²) in [4.78, 5) is 0. The summed E-state index contributed by atoms with van der Waals surface area (Å²) in [5, 5.41) is 0.409. The van der Waals surface area contributed by atoms with E-state index < -0.39 is 11.7 Å². The Morgan fingerprint density at radius 3 is 2.37 bits per heavy atom. The molecule has 0 spiro atoms. The van der Waals surface area contributed by atoms with Crippen molar-refractivity contribution in [3.05, 3.63) is 53.1 Å². The van der Waals surface area contributed by atoms with Crippen molar-refractivity contribution in [1.29, 1.82) is 0 Å². The third-order valence-electron chi connectivity index (χ3n) is 2.63. The molecule has 0 bridgehead atoms. The summed E-state index contributed by atoms with van der Waals surface area (Å²) in [6.07, 6.45) is -4.36. The van der Waals surface area contributed by atoms with Gasteiger partial charge in [-0.2, -0.15) is 13.2 Å². The third-order valence-corrected chi connectivity index (χ3v) is 2.85. The van der Waals surface area contributed by atoms with E-state index in [0.717, 1.165) is 12.1 Å². The monoisotopic (exact) mass is 286 g/mol. The molecule has 0 atom stereocenters. The molecule has 2 aromatic rings. The van der Waals surface area contributed by atoms with Crippen LogP contribution in [-0.4, -0.2) is 7.11 Å². The zero-order valence-corrected chi connectivity index (χ0v) is 10.7. The predicted molar refractivity (Wildman–Crippen MR) is 68.4 cm³/mol. The smallest absolute Gasteiger partial charge is 0.416 e. The van der Waals surface area contributed by atoms with Crippen LogP contribution in [0.25, 0.3) is 11.1 Å².